The minimum absolute atomic E-state index is 0.0630. The normalized spacial score (nSPS) is 20.8. The monoisotopic (exact) mass is 355 g/mol. The lowest BCUT2D eigenvalue weighted by molar-refractivity contribution is -0.139. The summed E-state index contributed by atoms with van der Waals surface area (Å²) in [4.78, 5) is 25.9. The number of H-pyrrole nitrogens is 1. The second kappa shape index (κ2) is 6.16. The molecular weight excluding hydrogens is 334 g/mol. The van der Waals surface area contributed by atoms with E-state index in [1.165, 1.54) is 0 Å². The van der Waals surface area contributed by atoms with Gasteiger partial charge in [0.05, 0.1) is 30.5 Å². The standard InChI is InChI=1S/C19H21N3O4/c1-26-13-4-2-12(3-5-13)16-14(11-20-21-16)17(23)22-8-6-19(7-9-22)10-15(19)18(24)25/h2-5,11,15H,6-10H2,1H3,(H,20,21)(H,24,25). The topological polar surface area (TPSA) is 95.5 Å². The molecule has 1 saturated carbocycles. The van der Waals surface area contributed by atoms with Crippen molar-refractivity contribution in [2.45, 2.75) is 19.3 Å². The molecule has 0 bridgehead atoms. The summed E-state index contributed by atoms with van der Waals surface area (Å²) in [5.41, 5.74) is 2.01. The molecule has 2 aromatic rings. The predicted octanol–water partition coefficient (Wildman–Crippen LogP) is 2.41. The number of nitrogens with zero attached hydrogens (tertiary/aromatic N) is 2. The molecule has 1 amide bonds. The van der Waals surface area contributed by atoms with Crippen molar-refractivity contribution in [3.63, 3.8) is 0 Å². The first-order valence-corrected chi connectivity index (χ1v) is 8.74. The first kappa shape index (κ1) is 16.6. The number of ether oxygens (including phenoxy) is 1. The highest BCUT2D eigenvalue weighted by molar-refractivity contribution is 5.99. The predicted molar refractivity (Wildman–Crippen MR) is 93.9 cm³/mol. The number of rotatable bonds is 4. The fraction of sp³-hybridized carbons (Fsp3) is 0.421. The Morgan fingerprint density at radius 2 is 1.96 bits per heavy atom. The Bertz CT molecular complexity index is 835. The first-order chi connectivity index (χ1) is 12.5. The maximum Gasteiger partial charge on any atom is 0.307 e. The maximum absolute atomic E-state index is 12.9. The van der Waals surface area contributed by atoms with E-state index in [0.29, 0.717) is 24.3 Å². The number of carboxylic acid groups (broad SMARTS) is 1. The molecule has 1 unspecified atom stereocenters. The Balaban J connectivity index is 1.48. The van der Waals surface area contributed by atoms with Gasteiger partial charge in [0.2, 0.25) is 0 Å². The van der Waals surface area contributed by atoms with Gasteiger partial charge in [-0.25, -0.2) is 0 Å². The smallest absolute Gasteiger partial charge is 0.307 e. The number of hydrogen-bond acceptors (Lipinski definition) is 4. The van der Waals surface area contributed by atoms with Crippen molar-refractivity contribution in [1.82, 2.24) is 15.1 Å². The lowest BCUT2D eigenvalue weighted by atomic mass is 9.90. The molecule has 1 saturated heterocycles. The molecule has 2 fully saturated rings. The van der Waals surface area contributed by atoms with Crippen LogP contribution in [0.5, 0.6) is 5.75 Å². The van der Waals surface area contributed by atoms with Gasteiger partial charge >= 0.3 is 5.97 Å². The number of aromatic amines is 1. The van der Waals surface area contributed by atoms with Crippen LogP contribution in [0.3, 0.4) is 0 Å². The molecule has 7 heteroatoms. The highest BCUT2D eigenvalue weighted by atomic mass is 16.5. The zero-order valence-corrected chi connectivity index (χ0v) is 14.6. The van der Waals surface area contributed by atoms with Crippen LogP contribution >= 0.6 is 0 Å². The number of carboxylic acids is 1. The van der Waals surface area contributed by atoms with Gasteiger partial charge in [-0.1, -0.05) is 0 Å². The summed E-state index contributed by atoms with van der Waals surface area (Å²) in [5, 5.41) is 16.2. The van der Waals surface area contributed by atoms with Crippen LogP contribution in [0.25, 0.3) is 11.3 Å². The summed E-state index contributed by atoms with van der Waals surface area (Å²) in [6.45, 7) is 1.19. The molecule has 0 radical (unpaired) electrons. The van der Waals surface area contributed by atoms with Crippen LogP contribution in [0, 0.1) is 11.3 Å². The SMILES string of the molecule is COc1ccc(-c2[nH]ncc2C(=O)N2CCC3(CC2)CC3C(=O)O)cc1. The molecule has 1 aliphatic heterocycles. The average Bonchev–Trinajstić information content (AvgIpc) is 3.15. The van der Waals surface area contributed by atoms with Crippen LogP contribution in [-0.2, 0) is 4.79 Å². The summed E-state index contributed by atoms with van der Waals surface area (Å²) in [5.74, 6) is -0.253. The largest absolute Gasteiger partial charge is 0.497 e. The van der Waals surface area contributed by atoms with Crippen LogP contribution in [0.2, 0.25) is 0 Å². The molecule has 1 atom stereocenters. The number of aliphatic carboxylic acids is 1. The van der Waals surface area contributed by atoms with E-state index < -0.39 is 5.97 Å². The number of piperidine rings is 1. The third-order valence-corrected chi connectivity index (χ3v) is 5.78. The summed E-state index contributed by atoms with van der Waals surface area (Å²) in [7, 11) is 1.61. The Labute approximate surface area is 151 Å². The van der Waals surface area contributed by atoms with Crippen LogP contribution in [0.4, 0.5) is 0 Å². The Morgan fingerprint density at radius 1 is 1.27 bits per heavy atom. The second-order valence-corrected chi connectivity index (χ2v) is 7.14. The van der Waals surface area contributed by atoms with Gasteiger partial charge in [0.1, 0.15) is 5.75 Å². The molecule has 1 aromatic heterocycles. The molecule has 4 rings (SSSR count). The molecule has 1 spiro atoms. The average molecular weight is 355 g/mol. The lowest BCUT2D eigenvalue weighted by Crippen LogP contribution is -2.40. The second-order valence-electron chi connectivity index (χ2n) is 7.14. The minimum Gasteiger partial charge on any atom is -0.497 e. The first-order valence-electron chi connectivity index (χ1n) is 8.74. The van der Waals surface area contributed by atoms with E-state index in [1.54, 1.807) is 18.2 Å². The van der Waals surface area contributed by atoms with Crippen molar-refractivity contribution in [3.8, 4) is 17.0 Å². The van der Waals surface area contributed by atoms with Crippen LogP contribution in [0.1, 0.15) is 29.6 Å². The van der Waals surface area contributed by atoms with Gasteiger partial charge < -0.3 is 14.7 Å². The highest BCUT2D eigenvalue weighted by Gasteiger charge is 2.59. The van der Waals surface area contributed by atoms with E-state index in [4.69, 9.17) is 4.74 Å². The van der Waals surface area contributed by atoms with Gasteiger partial charge in [0.15, 0.2) is 0 Å². The molecular formula is C19H21N3O4. The van der Waals surface area contributed by atoms with Gasteiger partial charge in [-0.15, -0.1) is 0 Å². The van der Waals surface area contributed by atoms with E-state index in [2.05, 4.69) is 10.2 Å². The number of hydrogen-bond donors (Lipinski definition) is 2. The fourth-order valence-corrected chi connectivity index (χ4v) is 4.00. The number of benzene rings is 1. The number of nitrogens with one attached hydrogen (secondary N) is 1. The molecule has 2 N–H and O–H groups in total. The number of aromatic nitrogens is 2. The van der Waals surface area contributed by atoms with Crippen molar-refractivity contribution in [2.24, 2.45) is 11.3 Å². The third-order valence-electron chi connectivity index (χ3n) is 5.78. The Hall–Kier alpha value is -2.83. The van der Waals surface area contributed by atoms with Gasteiger partial charge in [0, 0.05) is 18.7 Å². The summed E-state index contributed by atoms with van der Waals surface area (Å²) in [6.07, 6.45) is 3.81. The Morgan fingerprint density at radius 3 is 2.54 bits per heavy atom. The summed E-state index contributed by atoms with van der Waals surface area (Å²) < 4.78 is 5.17. The van der Waals surface area contributed by atoms with Gasteiger partial charge in [-0.2, -0.15) is 5.10 Å². The zero-order chi connectivity index (χ0) is 18.3. The fourth-order valence-electron chi connectivity index (χ4n) is 4.00. The van der Waals surface area contributed by atoms with Crippen molar-refractivity contribution in [3.05, 3.63) is 36.0 Å². The van der Waals surface area contributed by atoms with Crippen LogP contribution < -0.4 is 4.74 Å². The van der Waals surface area contributed by atoms with Crippen molar-refractivity contribution >= 4 is 11.9 Å². The zero-order valence-electron chi connectivity index (χ0n) is 14.6. The van der Waals surface area contributed by atoms with E-state index in [-0.39, 0.29) is 17.2 Å². The number of carbonyl (C=O) groups is 2. The summed E-state index contributed by atoms with van der Waals surface area (Å²) in [6, 6.07) is 7.45. The molecule has 2 heterocycles. The molecule has 1 aromatic carbocycles. The van der Waals surface area contributed by atoms with Crippen molar-refractivity contribution in [2.75, 3.05) is 20.2 Å². The molecule has 136 valence electrons. The number of methoxy groups -OCH3 is 1. The quantitative estimate of drug-likeness (QED) is 0.878. The van der Waals surface area contributed by atoms with Crippen molar-refractivity contribution < 1.29 is 19.4 Å². The minimum atomic E-state index is -0.707. The lowest BCUT2D eigenvalue weighted by Gasteiger charge is -2.32. The third kappa shape index (κ3) is 2.73. The van der Waals surface area contributed by atoms with Gasteiger partial charge in [-0.05, 0) is 48.9 Å². The van der Waals surface area contributed by atoms with E-state index in [0.717, 1.165) is 30.6 Å². The molecule has 7 nitrogen and oxygen atoms in total. The van der Waals surface area contributed by atoms with Crippen molar-refractivity contribution in [1.29, 1.82) is 0 Å². The van der Waals surface area contributed by atoms with Crippen LogP contribution in [0.15, 0.2) is 30.5 Å². The highest BCUT2D eigenvalue weighted by Crippen LogP contribution is 2.59. The van der Waals surface area contributed by atoms with Gasteiger partial charge in [0.25, 0.3) is 5.91 Å². The number of carbonyl (C=O) groups excluding carboxylic acids is 1. The molecule has 26 heavy (non-hydrogen) atoms. The molecule has 2 aliphatic rings. The molecule has 1 aliphatic carbocycles. The number of amides is 1. The Kier molecular flexibility index (Phi) is 3.94. The van der Waals surface area contributed by atoms with E-state index >= 15 is 0 Å². The summed E-state index contributed by atoms with van der Waals surface area (Å²) >= 11 is 0. The van der Waals surface area contributed by atoms with Gasteiger partial charge in [-0.3, -0.25) is 14.7 Å². The van der Waals surface area contributed by atoms with E-state index in [1.807, 2.05) is 24.3 Å². The van der Waals surface area contributed by atoms with Crippen LogP contribution in [-0.4, -0.2) is 52.3 Å². The maximum atomic E-state index is 12.9. The number of likely N-dealkylation sites (tertiary alicyclic amines) is 1. The van der Waals surface area contributed by atoms with E-state index in [9.17, 15) is 14.7 Å².